The smallest absolute Gasteiger partial charge is 0.248 e. The van der Waals surface area contributed by atoms with Gasteiger partial charge >= 0.3 is 0 Å². The van der Waals surface area contributed by atoms with E-state index in [2.05, 4.69) is 41.4 Å². The van der Waals surface area contributed by atoms with Crippen LogP contribution in [0.5, 0.6) is 0 Å². The lowest BCUT2D eigenvalue weighted by molar-refractivity contribution is -0.138. The Morgan fingerprint density at radius 3 is 2.68 bits per heavy atom. The second kappa shape index (κ2) is 7.83. The molecule has 1 aromatic carbocycles. The average Bonchev–Trinajstić information content (AvgIpc) is 3.09. The molecule has 3 rings (SSSR count). The summed E-state index contributed by atoms with van der Waals surface area (Å²) in [6.45, 7) is 7.76. The molecular formula is C20H27N3O2. The van der Waals surface area contributed by atoms with Crippen LogP contribution in [0.2, 0.25) is 0 Å². The van der Waals surface area contributed by atoms with E-state index in [1.54, 1.807) is 0 Å². The minimum atomic E-state index is 0.0863. The number of aryl methyl sites for hydroxylation is 1. The van der Waals surface area contributed by atoms with Crippen molar-refractivity contribution in [3.8, 4) is 11.1 Å². The van der Waals surface area contributed by atoms with Gasteiger partial charge in [-0.2, -0.15) is 5.10 Å². The van der Waals surface area contributed by atoms with Crippen molar-refractivity contribution in [2.24, 2.45) is 0 Å². The number of rotatable bonds is 5. The maximum Gasteiger partial charge on any atom is 0.248 e. The largest absolute Gasteiger partial charge is 0.369 e. The van der Waals surface area contributed by atoms with Gasteiger partial charge in [-0.15, -0.1) is 0 Å². The van der Waals surface area contributed by atoms with E-state index in [0.717, 1.165) is 25.9 Å². The summed E-state index contributed by atoms with van der Waals surface area (Å²) in [5, 5.41) is 7.50. The zero-order valence-corrected chi connectivity index (χ0v) is 15.3. The molecule has 0 atom stereocenters. The van der Waals surface area contributed by atoms with E-state index < -0.39 is 0 Å². The third-order valence-electron chi connectivity index (χ3n) is 4.90. The molecule has 1 aromatic heterocycles. The highest BCUT2D eigenvalue weighted by Crippen LogP contribution is 2.35. The third kappa shape index (κ3) is 4.10. The van der Waals surface area contributed by atoms with E-state index in [-0.39, 0.29) is 18.6 Å². The monoisotopic (exact) mass is 341 g/mol. The summed E-state index contributed by atoms with van der Waals surface area (Å²) >= 11 is 0. The van der Waals surface area contributed by atoms with Crippen molar-refractivity contribution in [2.75, 3.05) is 19.7 Å². The van der Waals surface area contributed by atoms with Gasteiger partial charge in [-0.25, -0.2) is 0 Å². The molecule has 1 saturated heterocycles. The predicted octanol–water partition coefficient (Wildman–Crippen LogP) is 3.52. The number of nitrogens with zero attached hydrogens (tertiary/aromatic N) is 2. The number of piperidine rings is 1. The van der Waals surface area contributed by atoms with Crippen LogP contribution in [0.25, 0.3) is 11.1 Å². The van der Waals surface area contributed by atoms with Crippen molar-refractivity contribution < 1.29 is 9.53 Å². The molecule has 1 fully saturated rings. The summed E-state index contributed by atoms with van der Waals surface area (Å²) in [5.41, 5.74) is 4.87. The van der Waals surface area contributed by atoms with Crippen molar-refractivity contribution in [1.82, 2.24) is 15.1 Å². The molecule has 1 amide bonds. The number of aromatic amines is 1. The average molecular weight is 341 g/mol. The second-order valence-electron chi connectivity index (χ2n) is 7.03. The maximum atomic E-state index is 12.2. The van der Waals surface area contributed by atoms with Crippen LogP contribution < -0.4 is 0 Å². The number of hydrogen-bond donors (Lipinski definition) is 1. The van der Waals surface area contributed by atoms with Crippen LogP contribution in [0.3, 0.4) is 0 Å². The van der Waals surface area contributed by atoms with Crippen molar-refractivity contribution >= 4 is 5.91 Å². The highest BCUT2D eigenvalue weighted by atomic mass is 16.5. The number of aromatic nitrogens is 2. The fraction of sp³-hybridized carbons (Fsp3) is 0.500. The number of benzene rings is 1. The molecule has 5 heteroatoms. The van der Waals surface area contributed by atoms with Crippen LogP contribution in [-0.4, -0.2) is 46.8 Å². The first kappa shape index (κ1) is 17.7. The Labute approximate surface area is 149 Å². The van der Waals surface area contributed by atoms with E-state index in [4.69, 9.17) is 4.74 Å². The molecule has 134 valence electrons. The lowest BCUT2D eigenvalue weighted by Gasteiger charge is -2.32. The summed E-state index contributed by atoms with van der Waals surface area (Å²) < 4.78 is 5.44. The highest BCUT2D eigenvalue weighted by Gasteiger charge is 2.27. The molecule has 0 bridgehead atoms. The van der Waals surface area contributed by atoms with Gasteiger partial charge in [-0.05, 0) is 44.7 Å². The first-order chi connectivity index (χ1) is 12.1. The number of hydrogen-bond acceptors (Lipinski definition) is 3. The summed E-state index contributed by atoms with van der Waals surface area (Å²) in [6.07, 6.45) is 3.91. The zero-order chi connectivity index (χ0) is 17.8. The van der Waals surface area contributed by atoms with Gasteiger partial charge in [0.1, 0.15) is 6.61 Å². The Hall–Kier alpha value is -2.14. The van der Waals surface area contributed by atoms with Gasteiger partial charge in [0.05, 0.1) is 12.3 Å². The Morgan fingerprint density at radius 1 is 1.28 bits per heavy atom. The molecule has 25 heavy (non-hydrogen) atoms. The quantitative estimate of drug-likeness (QED) is 0.905. The molecule has 2 aromatic rings. The number of carbonyl (C=O) groups excluding carboxylic acids is 1. The van der Waals surface area contributed by atoms with Crippen LogP contribution in [0.1, 0.15) is 43.9 Å². The van der Waals surface area contributed by atoms with E-state index in [1.807, 2.05) is 24.9 Å². The normalized spacial score (nSPS) is 15.8. The Bertz CT molecular complexity index is 715. The number of amides is 1. The van der Waals surface area contributed by atoms with Crippen molar-refractivity contribution in [1.29, 1.82) is 0 Å². The number of nitrogens with one attached hydrogen (secondary N) is 1. The standard InChI is InChI=1S/C20H27N3O2/c1-14(2)25-13-19(24)23-10-8-16(9-11-23)20-18(12-21-22-20)17-7-5-4-6-15(17)3/h4-7,12,14,16H,8-11,13H2,1-3H3,(H,21,22). The Balaban J connectivity index is 1.66. The second-order valence-corrected chi connectivity index (χ2v) is 7.03. The first-order valence-corrected chi connectivity index (χ1v) is 9.05. The van der Waals surface area contributed by atoms with Gasteiger partial charge in [-0.3, -0.25) is 9.89 Å². The third-order valence-corrected chi connectivity index (χ3v) is 4.90. The van der Waals surface area contributed by atoms with Gasteiger partial charge in [0, 0.05) is 30.3 Å². The zero-order valence-electron chi connectivity index (χ0n) is 15.3. The molecular weight excluding hydrogens is 314 g/mol. The van der Waals surface area contributed by atoms with Gasteiger partial charge in [0.2, 0.25) is 5.91 Å². The number of ether oxygens (including phenoxy) is 1. The van der Waals surface area contributed by atoms with E-state index in [9.17, 15) is 4.79 Å². The topological polar surface area (TPSA) is 58.2 Å². The van der Waals surface area contributed by atoms with E-state index in [1.165, 1.54) is 22.4 Å². The van der Waals surface area contributed by atoms with Crippen LogP contribution in [0.4, 0.5) is 0 Å². The molecule has 1 N–H and O–H groups in total. The summed E-state index contributed by atoms with van der Waals surface area (Å²) in [5.74, 6) is 0.503. The van der Waals surface area contributed by atoms with E-state index >= 15 is 0 Å². The fourth-order valence-electron chi connectivity index (χ4n) is 3.44. The molecule has 0 unspecified atom stereocenters. The fourth-order valence-corrected chi connectivity index (χ4v) is 3.44. The van der Waals surface area contributed by atoms with E-state index in [0.29, 0.717) is 5.92 Å². The number of likely N-dealkylation sites (tertiary alicyclic amines) is 1. The van der Waals surface area contributed by atoms with Crippen LogP contribution in [0.15, 0.2) is 30.5 Å². The molecule has 1 aliphatic rings. The minimum absolute atomic E-state index is 0.0863. The maximum absolute atomic E-state index is 12.2. The van der Waals surface area contributed by atoms with Crippen molar-refractivity contribution in [2.45, 2.75) is 45.6 Å². The molecule has 0 aliphatic carbocycles. The predicted molar refractivity (Wildman–Crippen MR) is 98.4 cm³/mol. The van der Waals surface area contributed by atoms with Crippen LogP contribution in [0, 0.1) is 6.92 Å². The molecule has 5 nitrogen and oxygen atoms in total. The van der Waals surface area contributed by atoms with Gasteiger partial charge in [0.25, 0.3) is 0 Å². The lowest BCUT2D eigenvalue weighted by Crippen LogP contribution is -2.40. The number of carbonyl (C=O) groups is 1. The van der Waals surface area contributed by atoms with Gasteiger partial charge in [-0.1, -0.05) is 24.3 Å². The van der Waals surface area contributed by atoms with Crippen LogP contribution in [-0.2, 0) is 9.53 Å². The van der Waals surface area contributed by atoms with Crippen molar-refractivity contribution in [3.63, 3.8) is 0 Å². The highest BCUT2D eigenvalue weighted by molar-refractivity contribution is 5.77. The first-order valence-electron chi connectivity index (χ1n) is 9.05. The molecule has 0 radical (unpaired) electrons. The van der Waals surface area contributed by atoms with Gasteiger partial charge in [0.15, 0.2) is 0 Å². The Morgan fingerprint density at radius 2 is 2.00 bits per heavy atom. The summed E-state index contributed by atoms with van der Waals surface area (Å²) in [4.78, 5) is 14.1. The van der Waals surface area contributed by atoms with Crippen molar-refractivity contribution in [3.05, 3.63) is 41.7 Å². The molecule has 0 saturated carbocycles. The molecule has 2 heterocycles. The van der Waals surface area contributed by atoms with Crippen LogP contribution >= 0.6 is 0 Å². The van der Waals surface area contributed by atoms with Gasteiger partial charge < -0.3 is 9.64 Å². The SMILES string of the molecule is Cc1ccccc1-c1cn[nH]c1C1CCN(C(=O)COC(C)C)CC1. The Kier molecular flexibility index (Phi) is 5.53. The number of H-pyrrole nitrogens is 1. The lowest BCUT2D eigenvalue weighted by atomic mass is 9.88. The molecule has 1 aliphatic heterocycles. The summed E-state index contributed by atoms with van der Waals surface area (Å²) in [6, 6.07) is 8.39. The molecule has 0 spiro atoms. The minimum Gasteiger partial charge on any atom is -0.369 e. The summed E-state index contributed by atoms with van der Waals surface area (Å²) in [7, 11) is 0.